The summed E-state index contributed by atoms with van der Waals surface area (Å²) in [4.78, 5) is 19.8. The number of nitrogens with zero attached hydrogens (tertiary/aromatic N) is 5. The Labute approximate surface area is 107 Å². The Balaban J connectivity index is 1.69. The Morgan fingerprint density at radius 3 is 2.89 bits per heavy atom. The first-order chi connectivity index (χ1) is 8.75. The molecular formula is C11H20N6O. The van der Waals surface area contributed by atoms with Crippen molar-refractivity contribution in [1.82, 2.24) is 29.9 Å². The zero-order valence-electron chi connectivity index (χ0n) is 10.7. The average Bonchev–Trinajstić information content (AvgIpc) is 2.90. The van der Waals surface area contributed by atoms with Crippen LogP contribution in [0, 0.1) is 0 Å². The topological polar surface area (TPSA) is 66.3 Å². The average molecular weight is 252 g/mol. The number of piperazine rings is 1. The van der Waals surface area contributed by atoms with Crippen LogP contribution in [0.4, 0.5) is 0 Å². The molecule has 1 aromatic rings. The number of carbonyl (C=O) groups excluding carboxylic acids is 1. The number of hydrogen-bond acceptors (Lipinski definition) is 5. The molecule has 7 heteroatoms. The van der Waals surface area contributed by atoms with Crippen LogP contribution in [0.5, 0.6) is 0 Å². The molecule has 0 atom stereocenters. The summed E-state index contributed by atoms with van der Waals surface area (Å²) in [5.41, 5.74) is 0. The van der Waals surface area contributed by atoms with Crippen molar-refractivity contribution in [2.75, 3.05) is 46.3 Å². The van der Waals surface area contributed by atoms with E-state index >= 15 is 0 Å². The van der Waals surface area contributed by atoms with Crippen molar-refractivity contribution in [2.24, 2.45) is 0 Å². The Morgan fingerprint density at radius 1 is 1.44 bits per heavy atom. The van der Waals surface area contributed by atoms with Crippen LogP contribution < -0.4 is 5.32 Å². The Hall–Kier alpha value is -1.47. The molecule has 1 saturated heterocycles. The molecule has 1 aromatic heterocycles. The van der Waals surface area contributed by atoms with Crippen molar-refractivity contribution in [2.45, 2.75) is 6.54 Å². The summed E-state index contributed by atoms with van der Waals surface area (Å²) in [6, 6.07) is 0. The van der Waals surface area contributed by atoms with Gasteiger partial charge in [0.2, 0.25) is 5.91 Å². The maximum absolute atomic E-state index is 12.0. The fourth-order valence-corrected chi connectivity index (χ4v) is 1.95. The van der Waals surface area contributed by atoms with Crippen molar-refractivity contribution < 1.29 is 4.79 Å². The second-order valence-corrected chi connectivity index (χ2v) is 4.53. The van der Waals surface area contributed by atoms with Crippen LogP contribution in [0.2, 0.25) is 0 Å². The molecule has 1 aliphatic rings. The highest BCUT2D eigenvalue weighted by Crippen LogP contribution is 1.96. The molecule has 1 fully saturated rings. The number of rotatable bonds is 5. The highest BCUT2D eigenvalue weighted by Gasteiger charge is 2.17. The molecule has 2 rings (SSSR count). The number of nitrogens with one attached hydrogen (secondary N) is 1. The lowest BCUT2D eigenvalue weighted by atomic mass is 10.3. The maximum atomic E-state index is 12.0. The molecule has 1 aliphatic heterocycles. The van der Waals surface area contributed by atoms with Gasteiger partial charge < -0.3 is 10.2 Å². The monoisotopic (exact) mass is 252 g/mol. The largest absolute Gasteiger partial charge is 0.339 e. The van der Waals surface area contributed by atoms with Gasteiger partial charge in [-0.25, -0.2) is 4.98 Å². The highest BCUT2D eigenvalue weighted by atomic mass is 16.2. The summed E-state index contributed by atoms with van der Waals surface area (Å²) in [7, 11) is 1.96. The van der Waals surface area contributed by atoms with Crippen LogP contribution in [-0.4, -0.2) is 76.8 Å². The SMILES string of the molecule is CN(CCn1cncn1)CC(=O)N1CCNCC1. The summed E-state index contributed by atoms with van der Waals surface area (Å²) in [6.45, 7) is 5.44. The third-order valence-electron chi connectivity index (χ3n) is 3.05. The zero-order valence-corrected chi connectivity index (χ0v) is 10.7. The molecule has 1 amide bonds. The fraction of sp³-hybridized carbons (Fsp3) is 0.727. The molecule has 0 aromatic carbocycles. The number of aromatic nitrogens is 3. The van der Waals surface area contributed by atoms with Crippen molar-refractivity contribution in [3.05, 3.63) is 12.7 Å². The van der Waals surface area contributed by atoms with E-state index in [1.54, 1.807) is 11.0 Å². The molecule has 2 heterocycles. The number of amides is 1. The van der Waals surface area contributed by atoms with Gasteiger partial charge in [-0.15, -0.1) is 0 Å². The van der Waals surface area contributed by atoms with Crippen LogP contribution in [-0.2, 0) is 11.3 Å². The van der Waals surface area contributed by atoms with Gasteiger partial charge in [-0.05, 0) is 7.05 Å². The highest BCUT2D eigenvalue weighted by molar-refractivity contribution is 5.78. The first-order valence-corrected chi connectivity index (χ1v) is 6.25. The summed E-state index contributed by atoms with van der Waals surface area (Å²) < 4.78 is 1.77. The quantitative estimate of drug-likeness (QED) is 0.701. The Morgan fingerprint density at radius 2 is 2.22 bits per heavy atom. The molecule has 0 aliphatic carbocycles. The summed E-state index contributed by atoms with van der Waals surface area (Å²) in [5, 5.41) is 7.27. The third-order valence-corrected chi connectivity index (χ3v) is 3.05. The third kappa shape index (κ3) is 3.78. The summed E-state index contributed by atoms with van der Waals surface area (Å²) in [6.07, 6.45) is 3.21. The van der Waals surface area contributed by atoms with E-state index in [0.29, 0.717) is 6.54 Å². The van der Waals surface area contributed by atoms with Gasteiger partial charge in [0.15, 0.2) is 0 Å². The van der Waals surface area contributed by atoms with E-state index in [2.05, 4.69) is 15.4 Å². The molecule has 100 valence electrons. The minimum atomic E-state index is 0.206. The van der Waals surface area contributed by atoms with E-state index < -0.39 is 0 Å². The van der Waals surface area contributed by atoms with Gasteiger partial charge in [-0.1, -0.05) is 0 Å². The van der Waals surface area contributed by atoms with E-state index in [1.807, 2.05) is 16.8 Å². The molecule has 0 spiro atoms. The van der Waals surface area contributed by atoms with Crippen molar-refractivity contribution in [3.8, 4) is 0 Å². The van der Waals surface area contributed by atoms with Crippen LogP contribution in [0.3, 0.4) is 0 Å². The first-order valence-electron chi connectivity index (χ1n) is 6.25. The Kier molecular flexibility index (Phi) is 4.66. The van der Waals surface area contributed by atoms with Crippen LogP contribution in [0.15, 0.2) is 12.7 Å². The first kappa shape index (κ1) is 13.0. The Bertz CT molecular complexity index is 360. The van der Waals surface area contributed by atoms with Crippen LogP contribution in [0.25, 0.3) is 0 Å². The number of carbonyl (C=O) groups is 1. The molecule has 0 saturated carbocycles. The van der Waals surface area contributed by atoms with Crippen LogP contribution >= 0.6 is 0 Å². The smallest absolute Gasteiger partial charge is 0.236 e. The second-order valence-electron chi connectivity index (χ2n) is 4.53. The van der Waals surface area contributed by atoms with Gasteiger partial charge in [-0.2, -0.15) is 5.10 Å². The van der Waals surface area contributed by atoms with E-state index in [-0.39, 0.29) is 5.91 Å². The molecule has 7 nitrogen and oxygen atoms in total. The minimum Gasteiger partial charge on any atom is -0.339 e. The number of likely N-dealkylation sites (N-methyl/N-ethyl adjacent to an activating group) is 1. The standard InChI is InChI=1S/C11H20N6O/c1-15(6-7-17-10-13-9-14-17)8-11(18)16-4-2-12-3-5-16/h9-10,12H,2-8H2,1H3. The zero-order chi connectivity index (χ0) is 12.8. The normalized spacial score (nSPS) is 16.2. The fourth-order valence-electron chi connectivity index (χ4n) is 1.95. The minimum absolute atomic E-state index is 0.206. The van der Waals surface area contributed by atoms with Crippen LogP contribution in [0.1, 0.15) is 0 Å². The van der Waals surface area contributed by atoms with Crippen molar-refractivity contribution in [1.29, 1.82) is 0 Å². The predicted molar refractivity (Wildman–Crippen MR) is 67.0 cm³/mol. The van der Waals surface area contributed by atoms with E-state index in [1.165, 1.54) is 6.33 Å². The second kappa shape index (κ2) is 6.46. The lowest BCUT2D eigenvalue weighted by molar-refractivity contribution is -0.132. The van der Waals surface area contributed by atoms with Crippen molar-refractivity contribution in [3.63, 3.8) is 0 Å². The maximum Gasteiger partial charge on any atom is 0.236 e. The number of hydrogen-bond donors (Lipinski definition) is 1. The van der Waals surface area contributed by atoms with Gasteiger partial charge in [0, 0.05) is 32.7 Å². The van der Waals surface area contributed by atoms with Crippen molar-refractivity contribution >= 4 is 5.91 Å². The van der Waals surface area contributed by atoms with Gasteiger partial charge in [0.25, 0.3) is 0 Å². The molecule has 1 N–H and O–H groups in total. The molecule has 0 bridgehead atoms. The van der Waals surface area contributed by atoms with E-state index in [0.717, 1.165) is 39.3 Å². The van der Waals surface area contributed by atoms with Gasteiger partial charge in [-0.3, -0.25) is 14.4 Å². The summed E-state index contributed by atoms with van der Waals surface area (Å²) >= 11 is 0. The summed E-state index contributed by atoms with van der Waals surface area (Å²) in [5.74, 6) is 0.206. The van der Waals surface area contributed by atoms with Gasteiger partial charge in [0.05, 0.1) is 13.1 Å². The predicted octanol–water partition coefficient (Wildman–Crippen LogP) is -1.36. The molecule has 0 radical (unpaired) electrons. The lowest BCUT2D eigenvalue weighted by Gasteiger charge is -2.29. The van der Waals surface area contributed by atoms with E-state index in [9.17, 15) is 4.79 Å². The molecule has 0 unspecified atom stereocenters. The van der Waals surface area contributed by atoms with E-state index in [4.69, 9.17) is 0 Å². The van der Waals surface area contributed by atoms with Gasteiger partial charge in [0.1, 0.15) is 12.7 Å². The molecular weight excluding hydrogens is 232 g/mol. The molecule has 18 heavy (non-hydrogen) atoms. The van der Waals surface area contributed by atoms with Gasteiger partial charge >= 0.3 is 0 Å². The lowest BCUT2D eigenvalue weighted by Crippen LogP contribution is -2.49.